The molecule has 0 aromatic rings. The van der Waals surface area contributed by atoms with Crippen LogP contribution in [-0.2, 0) is 4.79 Å². The Morgan fingerprint density at radius 2 is 2.07 bits per heavy atom. The van der Waals surface area contributed by atoms with E-state index in [-0.39, 0.29) is 12.6 Å². The molecule has 0 aliphatic carbocycles. The lowest BCUT2D eigenvalue weighted by atomic mass is 10.1. The number of halogens is 3. The molecule has 0 aliphatic heterocycles. The van der Waals surface area contributed by atoms with Crippen LogP contribution in [0.1, 0.15) is 32.6 Å². The van der Waals surface area contributed by atoms with Gasteiger partial charge in [-0.05, 0) is 12.8 Å². The zero-order valence-corrected chi connectivity index (χ0v) is 8.60. The summed E-state index contributed by atoms with van der Waals surface area (Å²) in [6.07, 6.45) is -4.98. The lowest BCUT2D eigenvalue weighted by Crippen LogP contribution is -2.35. The molecule has 0 spiro atoms. The monoisotopic (exact) mass is 227 g/mol. The van der Waals surface area contributed by atoms with E-state index < -0.39 is 24.9 Å². The number of aliphatic hydroxyl groups is 1. The summed E-state index contributed by atoms with van der Waals surface area (Å²) in [6.45, 7) is 1.71. The van der Waals surface area contributed by atoms with Crippen molar-refractivity contribution in [3.63, 3.8) is 0 Å². The van der Waals surface area contributed by atoms with Crippen molar-refractivity contribution in [2.24, 2.45) is 0 Å². The molecule has 0 heterocycles. The highest BCUT2D eigenvalue weighted by Crippen LogP contribution is 2.21. The molecule has 90 valence electrons. The fraction of sp³-hybridized carbons (Fsp3) is 0.889. The van der Waals surface area contributed by atoms with E-state index in [1.807, 2.05) is 0 Å². The molecule has 0 rings (SSSR count). The molecule has 6 heteroatoms. The first-order chi connectivity index (χ1) is 6.89. The molecule has 0 fully saturated rings. The van der Waals surface area contributed by atoms with Crippen LogP contribution in [0.4, 0.5) is 13.2 Å². The van der Waals surface area contributed by atoms with Gasteiger partial charge in [0.05, 0.1) is 6.42 Å². The van der Waals surface area contributed by atoms with Crippen molar-refractivity contribution in [1.82, 2.24) is 5.32 Å². The van der Waals surface area contributed by atoms with Crippen LogP contribution in [0.15, 0.2) is 0 Å². The van der Waals surface area contributed by atoms with Crippen molar-refractivity contribution < 1.29 is 23.1 Å². The van der Waals surface area contributed by atoms with Crippen LogP contribution in [0.5, 0.6) is 0 Å². The number of nitrogens with one attached hydrogen (secondary N) is 1. The standard InChI is InChI=1S/C9H16F3NO2/c1-2-7(4-6-14)13-8(15)3-5-9(10,11)12/h7,14H,2-6H2,1H3,(H,13,15). The Balaban J connectivity index is 3.81. The van der Waals surface area contributed by atoms with Crippen molar-refractivity contribution in [3.05, 3.63) is 0 Å². The van der Waals surface area contributed by atoms with Gasteiger partial charge in [-0.25, -0.2) is 0 Å². The van der Waals surface area contributed by atoms with Crippen molar-refractivity contribution in [2.75, 3.05) is 6.61 Å². The first kappa shape index (κ1) is 14.2. The number of alkyl halides is 3. The van der Waals surface area contributed by atoms with E-state index in [4.69, 9.17) is 5.11 Å². The molecule has 15 heavy (non-hydrogen) atoms. The van der Waals surface area contributed by atoms with Crippen LogP contribution in [0.25, 0.3) is 0 Å². The highest BCUT2D eigenvalue weighted by molar-refractivity contribution is 5.76. The summed E-state index contributed by atoms with van der Waals surface area (Å²) in [5.74, 6) is -0.618. The van der Waals surface area contributed by atoms with Gasteiger partial charge in [0, 0.05) is 19.1 Å². The maximum Gasteiger partial charge on any atom is 0.389 e. The quantitative estimate of drug-likeness (QED) is 0.724. The summed E-state index contributed by atoms with van der Waals surface area (Å²) in [6, 6.07) is -0.240. The Hall–Kier alpha value is -0.780. The zero-order chi connectivity index (χ0) is 11.9. The molecule has 0 aromatic heterocycles. The van der Waals surface area contributed by atoms with Crippen molar-refractivity contribution in [1.29, 1.82) is 0 Å². The summed E-state index contributed by atoms with van der Waals surface area (Å²) >= 11 is 0. The maximum absolute atomic E-state index is 11.8. The SMILES string of the molecule is CCC(CCO)NC(=O)CCC(F)(F)F. The van der Waals surface area contributed by atoms with Crippen molar-refractivity contribution >= 4 is 5.91 Å². The van der Waals surface area contributed by atoms with E-state index in [0.717, 1.165) is 0 Å². The largest absolute Gasteiger partial charge is 0.396 e. The maximum atomic E-state index is 11.8. The molecule has 0 saturated heterocycles. The van der Waals surface area contributed by atoms with E-state index in [2.05, 4.69) is 5.32 Å². The van der Waals surface area contributed by atoms with Crippen LogP contribution in [0.2, 0.25) is 0 Å². The first-order valence-corrected chi connectivity index (χ1v) is 4.86. The van der Waals surface area contributed by atoms with Gasteiger partial charge in [0.1, 0.15) is 0 Å². The van der Waals surface area contributed by atoms with Gasteiger partial charge in [-0.15, -0.1) is 0 Å². The van der Waals surface area contributed by atoms with E-state index in [1.54, 1.807) is 6.92 Å². The first-order valence-electron chi connectivity index (χ1n) is 4.86. The molecule has 0 saturated carbocycles. The third-order valence-electron chi connectivity index (χ3n) is 1.97. The minimum atomic E-state index is -4.30. The summed E-state index contributed by atoms with van der Waals surface area (Å²) < 4.78 is 35.3. The third-order valence-corrected chi connectivity index (χ3v) is 1.97. The predicted octanol–water partition coefficient (Wildman–Crippen LogP) is 1.61. The summed E-state index contributed by atoms with van der Waals surface area (Å²) in [5, 5.41) is 11.0. The van der Waals surface area contributed by atoms with E-state index in [0.29, 0.717) is 12.8 Å². The molecule has 0 radical (unpaired) electrons. The Morgan fingerprint density at radius 1 is 1.47 bits per heavy atom. The molecule has 3 nitrogen and oxygen atoms in total. The zero-order valence-electron chi connectivity index (χ0n) is 8.60. The van der Waals surface area contributed by atoms with Crippen LogP contribution in [0.3, 0.4) is 0 Å². The molecule has 2 N–H and O–H groups in total. The van der Waals surface area contributed by atoms with E-state index in [9.17, 15) is 18.0 Å². The van der Waals surface area contributed by atoms with Gasteiger partial charge in [-0.1, -0.05) is 6.92 Å². The van der Waals surface area contributed by atoms with Gasteiger partial charge in [0.2, 0.25) is 5.91 Å². The molecule has 0 aromatic carbocycles. The van der Waals surface area contributed by atoms with Gasteiger partial charge in [-0.2, -0.15) is 13.2 Å². The lowest BCUT2D eigenvalue weighted by molar-refractivity contribution is -0.144. The number of aliphatic hydroxyl groups excluding tert-OH is 1. The van der Waals surface area contributed by atoms with E-state index in [1.165, 1.54) is 0 Å². The Labute approximate surface area is 86.7 Å². The number of amides is 1. The van der Waals surface area contributed by atoms with E-state index >= 15 is 0 Å². The predicted molar refractivity (Wildman–Crippen MR) is 49.2 cm³/mol. The van der Waals surface area contributed by atoms with Crippen molar-refractivity contribution in [2.45, 2.75) is 44.8 Å². The smallest absolute Gasteiger partial charge is 0.389 e. The molecular weight excluding hydrogens is 211 g/mol. The molecule has 0 aliphatic rings. The Bertz CT molecular complexity index is 194. The van der Waals surface area contributed by atoms with Gasteiger partial charge in [0.15, 0.2) is 0 Å². The van der Waals surface area contributed by atoms with Crippen LogP contribution >= 0.6 is 0 Å². The second-order valence-electron chi connectivity index (χ2n) is 3.30. The number of carbonyl (C=O) groups is 1. The molecular formula is C9H16F3NO2. The highest BCUT2D eigenvalue weighted by atomic mass is 19.4. The summed E-state index contributed by atoms with van der Waals surface area (Å²) in [5.41, 5.74) is 0. The summed E-state index contributed by atoms with van der Waals surface area (Å²) in [4.78, 5) is 11.0. The molecule has 1 atom stereocenters. The highest BCUT2D eigenvalue weighted by Gasteiger charge is 2.28. The van der Waals surface area contributed by atoms with Crippen LogP contribution < -0.4 is 5.32 Å². The molecule has 1 amide bonds. The average molecular weight is 227 g/mol. The average Bonchev–Trinajstić information content (AvgIpc) is 2.13. The number of rotatable bonds is 6. The second-order valence-corrected chi connectivity index (χ2v) is 3.30. The van der Waals surface area contributed by atoms with Gasteiger partial charge in [-0.3, -0.25) is 4.79 Å². The Morgan fingerprint density at radius 3 is 2.47 bits per heavy atom. The minimum Gasteiger partial charge on any atom is -0.396 e. The fourth-order valence-corrected chi connectivity index (χ4v) is 1.09. The summed E-state index contributed by atoms with van der Waals surface area (Å²) in [7, 11) is 0. The number of hydrogen-bond acceptors (Lipinski definition) is 2. The van der Waals surface area contributed by atoms with Gasteiger partial charge >= 0.3 is 6.18 Å². The number of hydrogen-bond donors (Lipinski definition) is 2. The second kappa shape index (κ2) is 6.66. The third kappa shape index (κ3) is 8.23. The minimum absolute atomic E-state index is 0.0853. The lowest BCUT2D eigenvalue weighted by Gasteiger charge is -2.15. The van der Waals surface area contributed by atoms with Gasteiger partial charge < -0.3 is 10.4 Å². The molecule has 0 bridgehead atoms. The Kier molecular flexibility index (Phi) is 6.31. The topological polar surface area (TPSA) is 49.3 Å². The van der Waals surface area contributed by atoms with Crippen molar-refractivity contribution in [3.8, 4) is 0 Å². The fourth-order valence-electron chi connectivity index (χ4n) is 1.09. The number of carbonyl (C=O) groups excluding carboxylic acids is 1. The van der Waals surface area contributed by atoms with Gasteiger partial charge in [0.25, 0.3) is 0 Å². The van der Waals surface area contributed by atoms with Crippen LogP contribution in [0, 0.1) is 0 Å². The van der Waals surface area contributed by atoms with Crippen LogP contribution in [-0.4, -0.2) is 29.8 Å². The normalized spacial score (nSPS) is 13.7. The molecule has 1 unspecified atom stereocenters.